The Balaban J connectivity index is 3.28. The fraction of sp³-hybridized carbons (Fsp3) is 0.462. The van der Waals surface area contributed by atoms with E-state index >= 15 is 0 Å². The monoisotopic (exact) mass is 301 g/mol. The van der Waals surface area contributed by atoms with Crippen molar-refractivity contribution >= 4 is 13.9 Å². The minimum atomic E-state index is -3.72. The topological polar surface area (TPSA) is 87.8 Å². The van der Waals surface area contributed by atoms with Crippen LogP contribution in [0.15, 0.2) is 24.3 Å². The van der Waals surface area contributed by atoms with Crippen LogP contribution in [-0.2, 0) is 23.8 Å². The molecule has 6 nitrogen and oxygen atoms in total. The molecule has 0 radical (unpaired) electrons. The van der Waals surface area contributed by atoms with Crippen LogP contribution in [0, 0.1) is 0 Å². The number of benzene rings is 1. The van der Waals surface area contributed by atoms with Crippen molar-refractivity contribution in [3.8, 4) is 0 Å². The molecule has 0 saturated heterocycles. The summed E-state index contributed by atoms with van der Waals surface area (Å²) in [7, 11) is -2.39. The van der Waals surface area contributed by atoms with E-state index in [1.54, 1.807) is 38.1 Å². The summed E-state index contributed by atoms with van der Waals surface area (Å²) in [5.41, 5.74) is 5.31. The van der Waals surface area contributed by atoms with Crippen LogP contribution >= 0.6 is 7.60 Å². The molecule has 0 aliphatic heterocycles. The van der Waals surface area contributed by atoms with Crippen molar-refractivity contribution in [2.45, 2.75) is 19.3 Å². The molecule has 0 aliphatic carbocycles. The molecule has 20 heavy (non-hydrogen) atoms. The van der Waals surface area contributed by atoms with E-state index in [9.17, 15) is 9.36 Å². The highest BCUT2D eigenvalue weighted by atomic mass is 31.2. The fourth-order valence-electron chi connectivity index (χ4n) is 1.76. The van der Waals surface area contributed by atoms with Crippen LogP contribution in [0.3, 0.4) is 0 Å². The zero-order valence-corrected chi connectivity index (χ0v) is 12.8. The zero-order valence-electron chi connectivity index (χ0n) is 11.9. The summed E-state index contributed by atoms with van der Waals surface area (Å²) in [6, 6.07) is 6.26. The van der Waals surface area contributed by atoms with E-state index in [2.05, 4.69) is 0 Å². The van der Waals surface area contributed by atoms with E-state index in [-0.39, 0.29) is 13.2 Å². The average molecular weight is 301 g/mol. The van der Waals surface area contributed by atoms with E-state index in [0.29, 0.717) is 17.4 Å². The van der Waals surface area contributed by atoms with Gasteiger partial charge in [-0.1, -0.05) is 24.3 Å². The van der Waals surface area contributed by atoms with Crippen LogP contribution < -0.4 is 5.73 Å². The molecule has 0 amide bonds. The smallest absolute Gasteiger partial charge is 0.349 e. The number of hydrogen-bond donors (Lipinski definition) is 1. The number of hydrogen-bond acceptors (Lipinski definition) is 6. The quantitative estimate of drug-likeness (QED) is 0.451. The second kappa shape index (κ2) is 7.11. The Morgan fingerprint density at radius 1 is 1.20 bits per heavy atom. The van der Waals surface area contributed by atoms with Gasteiger partial charge in [0.1, 0.15) is 6.29 Å². The van der Waals surface area contributed by atoms with Crippen LogP contribution in [0.25, 0.3) is 0 Å². The maximum Gasteiger partial charge on any atom is 0.381 e. The van der Waals surface area contributed by atoms with Crippen LogP contribution in [0.5, 0.6) is 0 Å². The second-order valence-corrected chi connectivity index (χ2v) is 6.15. The Kier molecular flexibility index (Phi) is 6.05. The van der Waals surface area contributed by atoms with E-state index in [1.807, 2.05) is 0 Å². The van der Waals surface area contributed by atoms with Crippen LogP contribution in [0.2, 0.25) is 0 Å². The largest absolute Gasteiger partial charge is 0.381 e. The van der Waals surface area contributed by atoms with Crippen molar-refractivity contribution < 1.29 is 23.1 Å². The van der Waals surface area contributed by atoms with Gasteiger partial charge in [0.2, 0.25) is 5.47 Å². The molecule has 0 spiro atoms. The zero-order chi connectivity index (χ0) is 15.2. The third kappa shape index (κ3) is 3.16. The predicted molar refractivity (Wildman–Crippen MR) is 75.6 cm³/mol. The molecule has 1 rings (SSSR count). The van der Waals surface area contributed by atoms with Gasteiger partial charge in [-0.2, -0.15) is 0 Å². The number of ether oxygens (including phenoxy) is 1. The summed E-state index contributed by atoms with van der Waals surface area (Å²) in [5.74, 6) is 0. The third-order valence-corrected chi connectivity index (χ3v) is 5.23. The van der Waals surface area contributed by atoms with Gasteiger partial charge in [0.25, 0.3) is 0 Å². The first-order chi connectivity index (χ1) is 9.47. The summed E-state index contributed by atoms with van der Waals surface area (Å²) < 4.78 is 28.6. The lowest BCUT2D eigenvalue weighted by Crippen LogP contribution is -2.40. The Hall–Kier alpha value is -1.04. The Morgan fingerprint density at radius 3 is 2.05 bits per heavy atom. The van der Waals surface area contributed by atoms with Crippen molar-refractivity contribution in [2.24, 2.45) is 5.73 Å². The minimum Gasteiger partial charge on any atom is -0.349 e. The first-order valence-corrected chi connectivity index (χ1v) is 7.80. The van der Waals surface area contributed by atoms with Gasteiger partial charge in [-0.15, -0.1) is 0 Å². The van der Waals surface area contributed by atoms with Gasteiger partial charge < -0.3 is 13.8 Å². The normalized spacial score (nSPS) is 14.8. The lowest BCUT2D eigenvalue weighted by Gasteiger charge is -2.34. The van der Waals surface area contributed by atoms with Gasteiger partial charge in [-0.05, 0) is 13.8 Å². The summed E-state index contributed by atoms with van der Waals surface area (Å²) in [6.45, 7) is 3.73. The molecule has 0 bridgehead atoms. The van der Waals surface area contributed by atoms with E-state index in [1.165, 1.54) is 7.11 Å². The Labute approximate surface area is 118 Å². The predicted octanol–water partition coefficient (Wildman–Crippen LogP) is 2.48. The molecule has 112 valence electrons. The SMILES string of the molecule is CCOP(=O)(OCC)[C@@](N)(OC)c1ccc(C=O)cc1. The van der Waals surface area contributed by atoms with Crippen molar-refractivity contribution in [1.82, 2.24) is 0 Å². The van der Waals surface area contributed by atoms with Crippen molar-refractivity contribution in [2.75, 3.05) is 20.3 Å². The molecule has 7 heteroatoms. The number of carbonyl (C=O) groups is 1. The second-order valence-electron chi connectivity index (χ2n) is 3.97. The average Bonchev–Trinajstić information content (AvgIpc) is 2.47. The molecule has 0 unspecified atom stereocenters. The molecule has 2 N–H and O–H groups in total. The van der Waals surface area contributed by atoms with Crippen molar-refractivity contribution in [3.05, 3.63) is 35.4 Å². The maximum absolute atomic E-state index is 12.9. The maximum atomic E-state index is 12.9. The number of nitrogens with two attached hydrogens (primary N) is 1. The molecule has 1 aromatic carbocycles. The van der Waals surface area contributed by atoms with Gasteiger partial charge in [-0.3, -0.25) is 15.1 Å². The van der Waals surface area contributed by atoms with Gasteiger partial charge >= 0.3 is 7.60 Å². The Bertz CT molecular complexity index is 480. The lowest BCUT2D eigenvalue weighted by atomic mass is 10.1. The highest BCUT2D eigenvalue weighted by Gasteiger charge is 2.50. The third-order valence-electron chi connectivity index (χ3n) is 2.78. The van der Waals surface area contributed by atoms with Gasteiger partial charge in [-0.25, -0.2) is 0 Å². The Morgan fingerprint density at radius 2 is 1.70 bits per heavy atom. The molecule has 1 atom stereocenters. The first kappa shape index (κ1) is 17.0. The van der Waals surface area contributed by atoms with Crippen molar-refractivity contribution in [1.29, 1.82) is 0 Å². The van der Waals surface area contributed by atoms with Gasteiger partial charge in [0.05, 0.1) is 13.2 Å². The van der Waals surface area contributed by atoms with Gasteiger partial charge in [0, 0.05) is 18.2 Å². The number of aldehydes is 1. The molecular weight excluding hydrogens is 281 g/mol. The van der Waals surface area contributed by atoms with Crippen LogP contribution in [0.1, 0.15) is 29.8 Å². The molecule has 0 saturated carbocycles. The van der Waals surface area contributed by atoms with Crippen LogP contribution in [-0.4, -0.2) is 26.6 Å². The molecule has 1 aromatic rings. The van der Waals surface area contributed by atoms with E-state index in [4.69, 9.17) is 19.5 Å². The summed E-state index contributed by atoms with van der Waals surface area (Å²) in [5, 5.41) is 0. The summed E-state index contributed by atoms with van der Waals surface area (Å²) >= 11 is 0. The molecular formula is C13H20NO5P. The summed E-state index contributed by atoms with van der Waals surface area (Å²) in [4.78, 5) is 10.7. The van der Waals surface area contributed by atoms with Gasteiger partial charge in [0.15, 0.2) is 0 Å². The summed E-state index contributed by atoms with van der Waals surface area (Å²) in [6.07, 6.45) is 0.708. The lowest BCUT2D eigenvalue weighted by molar-refractivity contribution is 0.0251. The standard InChI is InChI=1S/C13H20NO5P/c1-4-18-20(16,19-5-2)13(14,17-3)12-8-6-11(10-15)7-9-12/h6-10H,4-5,14H2,1-3H3/t13-/m0/s1. The van der Waals surface area contributed by atoms with Crippen LogP contribution in [0.4, 0.5) is 0 Å². The number of rotatable bonds is 8. The number of carbonyl (C=O) groups excluding carboxylic acids is 1. The van der Waals surface area contributed by atoms with Crippen molar-refractivity contribution in [3.63, 3.8) is 0 Å². The first-order valence-electron chi connectivity index (χ1n) is 6.26. The molecule has 0 aliphatic rings. The fourth-order valence-corrected chi connectivity index (χ4v) is 3.58. The highest BCUT2D eigenvalue weighted by Crippen LogP contribution is 2.62. The minimum absolute atomic E-state index is 0.173. The number of methoxy groups -OCH3 is 1. The highest BCUT2D eigenvalue weighted by molar-refractivity contribution is 7.54. The molecule has 0 aromatic heterocycles. The van der Waals surface area contributed by atoms with E-state index in [0.717, 1.165) is 0 Å². The molecule has 0 fully saturated rings. The molecule has 0 heterocycles. The van der Waals surface area contributed by atoms with E-state index < -0.39 is 13.1 Å².